The molecule has 1 rings (SSSR count). The third kappa shape index (κ3) is 1.06. The van der Waals surface area contributed by atoms with Crippen LogP contribution in [0.5, 0.6) is 0 Å². The summed E-state index contributed by atoms with van der Waals surface area (Å²) in [5.74, 6) is 0. The van der Waals surface area contributed by atoms with Crippen molar-refractivity contribution >= 4 is 0 Å². The highest BCUT2D eigenvalue weighted by Crippen LogP contribution is 1.94. The van der Waals surface area contributed by atoms with Gasteiger partial charge in [0.05, 0.1) is 0 Å². The monoisotopic (exact) mass is 105 g/mol. The van der Waals surface area contributed by atoms with Crippen LogP contribution in [-0.2, 0) is 6.42 Å². The molecule has 0 spiro atoms. The Morgan fingerprint density at radius 3 is 2.38 bits per heavy atom. The van der Waals surface area contributed by atoms with Crippen molar-refractivity contribution in [1.29, 1.82) is 0 Å². The quantitative estimate of drug-likeness (QED) is 0.525. The van der Waals surface area contributed by atoms with Gasteiger partial charge in [0.25, 0.3) is 0 Å². The Labute approximate surface area is 49.4 Å². The molecule has 8 heavy (non-hydrogen) atoms. The van der Waals surface area contributed by atoms with Crippen LogP contribution in [0.1, 0.15) is 5.56 Å². The molecular formula is C7H7N. The predicted octanol–water partition coefficient (Wildman–Crippen LogP) is 1.34. The number of hydrogen-bond donors (Lipinski definition) is 0. The van der Waals surface area contributed by atoms with Crippen LogP contribution in [-0.4, -0.2) is 4.98 Å². The van der Waals surface area contributed by atoms with Gasteiger partial charge in [-0.15, -0.1) is 0 Å². The van der Waals surface area contributed by atoms with E-state index in [2.05, 4.69) is 4.98 Å². The highest BCUT2D eigenvalue weighted by atomic mass is 14.6. The average Bonchev–Trinajstić information content (AvgIpc) is 1.90. The van der Waals surface area contributed by atoms with Gasteiger partial charge in [-0.2, -0.15) is 0 Å². The van der Waals surface area contributed by atoms with E-state index in [-0.39, 0.29) is 0 Å². The van der Waals surface area contributed by atoms with Crippen LogP contribution in [0.3, 0.4) is 0 Å². The molecule has 1 heteroatoms. The first kappa shape index (κ1) is 5.29. The number of hydrogen-bond acceptors (Lipinski definition) is 1. The van der Waals surface area contributed by atoms with E-state index in [4.69, 9.17) is 6.92 Å². The van der Waals surface area contributed by atoms with Crippen LogP contribution < -0.4 is 0 Å². The second kappa shape index (κ2) is 2.46. The van der Waals surface area contributed by atoms with E-state index in [1.165, 1.54) is 0 Å². The molecule has 0 aliphatic carbocycles. The molecule has 1 aromatic heterocycles. The molecule has 1 heterocycles. The maximum absolute atomic E-state index is 5.32. The smallest absolute Gasteiger partial charge is 0.0270 e. The maximum atomic E-state index is 5.32. The van der Waals surface area contributed by atoms with Gasteiger partial charge in [-0.25, -0.2) is 0 Å². The van der Waals surface area contributed by atoms with E-state index in [9.17, 15) is 0 Å². The standard InChI is InChI=1S/C7H7N/c1-2-7-3-5-8-6-4-7/h1,3-6H,2H2. The van der Waals surface area contributed by atoms with Crippen molar-refractivity contribution in [3.63, 3.8) is 0 Å². The van der Waals surface area contributed by atoms with Gasteiger partial charge in [-0.3, -0.25) is 4.98 Å². The molecule has 0 amide bonds. The van der Waals surface area contributed by atoms with Crippen molar-refractivity contribution in [3.05, 3.63) is 37.0 Å². The second-order valence-corrected chi connectivity index (χ2v) is 1.56. The van der Waals surface area contributed by atoms with E-state index in [0.717, 1.165) is 5.56 Å². The summed E-state index contributed by atoms with van der Waals surface area (Å²) in [5, 5.41) is 0. The summed E-state index contributed by atoms with van der Waals surface area (Å²) < 4.78 is 0. The molecule has 0 atom stereocenters. The normalized spacial score (nSPS) is 9.12. The first-order valence-electron chi connectivity index (χ1n) is 2.52. The Hall–Kier alpha value is -0.850. The van der Waals surface area contributed by atoms with Gasteiger partial charge in [-0.05, 0) is 31.0 Å². The Morgan fingerprint density at radius 2 is 2.00 bits per heavy atom. The van der Waals surface area contributed by atoms with Crippen molar-refractivity contribution in [1.82, 2.24) is 4.98 Å². The summed E-state index contributed by atoms with van der Waals surface area (Å²) in [5.41, 5.74) is 1.13. The third-order valence-corrected chi connectivity index (χ3v) is 0.985. The molecule has 0 fully saturated rings. The number of rotatable bonds is 1. The lowest BCUT2D eigenvalue weighted by atomic mass is 10.2. The van der Waals surface area contributed by atoms with Crippen LogP contribution in [0.15, 0.2) is 24.5 Å². The molecule has 0 aliphatic heterocycles. The highest BCUT2D eigenvalue weighted by Gasteiger charge is 1.81. The van der Waals surface area contributed by atoms with Gasteiger partial charge in [-0.1, -0.05) is 0 Å². The Morgan fingerprint density at radius 1 is 1.38 bits per heavy atom. The Kier molecular flexibility index (Phi) is 1.62. The summed E-state index contributed by atoms with van der Waals surface area (Å²) in [6.45, 7) is 5.32. The van der Waals surface area contributed by atoms with Crippen molar-refractivity contribution < 1.29 is 0 Å². The lowest BCUT2D eigenvalue weighted by molar-refractivity contribution is 1.21. The predicted molar refractivity (Wildman–Crippen MR) is 32.2 cm³/mol. The number of aromatic nitrogens is 1. The molecule has 40 valence electrons. The van der Waals surface area contributed by atoms with Crippen molar-refractivity contribution in [2.24, 2.45) is 0 Å². The molecular weight excluding hydrogens is 98.1 g/mol. The lowest BCUT2D eigenvalue weighted by Crippen LogP contribution is -1.77. The fourth-order valence-corrected chi connectivity index (χ4v) is 0.519. The summed E-state index contributed by atoms with van der Waals surface area (Å²) in [6, 6.07) is 3.81. The molecule has 0 bridgehead atoms. The summed E-state index contributed by atoms with van der Waals surface area (Å²) >= 11 is 0. The van der Waals surface area contributed by atoms with Gasteiger partial charge < -0.3 is 0 Å². The van der Waals surface area contributed by atoms with Gasteiger partial charge in [0.2, 0.25) is 0 Å². The number of pyridine rings is 1. The van der Waals surface area contributed by atoms with Crippen LogP contribution in [0, 0.1) is 6.92 Å². The summed E-state index contributed by atoms with van der Waals surface area (Å²) in [4.78, 5) is 3.84. The molecule has 0 aromatic carbocycles. The number of nitrogens with zero attached hydrogens (tertiary/aromatic N) is 1. The molecule has 0 saturated carbocycles. The summed E-state index contributed by atoms with van der Waals surface area (Å²) in [7, 11) is 0. The maximum Gasteiger partial charge on any atom is 0.0270 e. The van der Waals surface area contributed by atoms with Crippen LogP contribution in [0.4, 0.5) is 0 Å². The van der Waals surface area contributed by atoms with Crippen molar-refractivity contribution in [2.45, 2.75) is 6.42 Å². The fourth-order valence-electron chi connectivity index (χ4n) is 0.519. The zero-order chi connectivity index (χ0) is 5.82. The molecule has 2 radical (unpaired) electrons. The SMILES string of the molecule is [CH]Cc1ccncc1. The average molecular weight is 105 g/mol. The summed E-state index contributed by atoms with van der Waals surface area (Å²) in [6.07, 6.45) is 4.08. The van der Waals surface area contributed by atoms with E-state index >= 15 is 0 Å². The Balaban J connectivity index is 2.83. The molecule has 0 N–H and O–H groups in total. The van der Waals surface area contributed by atoms with Crippen molar-refractivity contribution in [3.8, 4) is 0 Å². The van der Waals surface area contributed by atoms with E-state index in [1.807, 2.05) is 12.1 Å². The highest BCUT2D eigenvalue weighted by molar-refractivity contribution is 5.09. The molecule has 0 unspecified atom stereocenters. The molecule has 0 saturated heterocycles. The fraction of sp³-hybridized carbons (Fsp3) is 0.143. The first-order chi connectivity index (χ1) is 3.93. The van der Waals surface area contributed by atoms with Crippen LogP contribution in [0.2, 0.25) is 0 Å². The largest absolute Gasteiger partial charge is 0.265 e. The molecule has 1 nitrogen and oxygen atoms in total. The second-order valence-electron chi connectivity index (χ2n) is 1.56. The zero-order valence-electron chi connectivity index (χ0n) is 4.54. The Bertz CT molecular complexity index is 146. The van der Waals surface area contributed by atoms with Crippen LogP contribution >= 0.6 is 0 Å². The van der Waals surface area contributed by atoms with E-state index < -0.39 is 0 Å². The van der Waals surface area contributed by atoms with Crippen molar-refractivity contribution in [2.75, 3.05) is 0 Å². The molecule has 0 aliphatic rings. The minimum absolute atomic E-state index is 0.600. The van der Waals surface area contributed by atoms with E-state index in [0.29, 0.717) is 6.42 Å². The van der Waals surface area contributed by atoms with Crippen LogP contribution in [0.25, 0.3) is 0 Å². The minimum Gasteiger partial charge on any atom is -0.265 e. The van der Waals surface area contributed by atoms with E-state index in [1.54, 1.807) is 12.4 Å². The topological polar surface area (TPSA) is 12.9 Å². The van der Waals surface area contributed by atoms with Gasteiger partial charge in [0, 0.05) is 12.4 Å². The minimum atomic E-state index is 0.600. The molecule has 1 aromatic rings. The third-order valence-electron chi connectivity index (χ3n) is 0.985. The van der Waals surface area contributed by atoms with Gasteiger partial charge in [0.15, 0.2) is 0 Å². The first-order valence-corrected chi connectivity index (χ1v) is 2.52. The zero-order valence-corrected chi connectivity index (χ0v) is 4.54. The van der Waals surface area contributed by atoms with Gasteiger partial charge >= 0.3 is 0 Å². The lowest BCUT2D eigenvalue weighted by Gasteiger charge is -1.88. The van der Waals surface area contributed by atoms with Gasteiger partial charge in [0.1, 0.15) is 0 Å².